The number of nitrogens with two attached hydrogens (primary N) is 1. The number of likely N-dealkylation sites (tertiary alicyclic amines) is 2. The van der Waals surface area contributed by atoms with E-state index in [1.54, 1.807) is 0 Å². The highest BCUT2D eigenvalue weighted by Gasteiger charge is 2.24. The van der Waals surface area contributed by atoms with Crippen LogP contribution in [0.1, 0.15) is 64.2 Å². The van der Waals surface area contributed by atoms with E-state index in [1.807, 2.05) is 0 Å². The Hall–Kier alpha value is 0.360. The van der Waals surface area contributed by atoms with E-state index in [-0.39, 0.29) is 17.0 Å². The van der Waals surface area contributed by atoms with E-state index in [2.05, 4.69) is 23.9 Å². The molecule has 4 heteroatoms. The zero-order valence-corrected chi connectivity index (χ0v) is 15.8. The average Bonchev–Trinajstić information content (AvgIpc) is 2.45. The molecule has 0 saturated carbocycles. The molecule has 0 aromatic carbocycles. The van der Waals surface area contributed by atoms with Gasteiger partial charge in [0, 0.05) is 18.1 Å². The van der Waals surface area contributed by atoms with Crippen LogP contribution < -0.4 is 5.73 Å². The molecule has 0 bridgehead atoms. The third kappa shape index (κ3) is 6.17. The maximum Gasteiger partial charge on any atom is 0.0244 e. The third-order valence-electron chi connectivity index (χ3n) is 5.57. The van der Waals surface area contributed by atoms with Gasteiger partial charge in [0.15, 0.2) is 0 Å². The van der Waals surface area contributed by atoms with Crippen molar-refractivity contribution in [3.63, 3.8) is 0 Å². The molecule has 2 N–H and O–H groups in total. The maximum absolute atomic E-state index is 6.43. The van der Waals surface area contributed by atoms with Crippen molar-refractivity contribution in [2.45, 2.75) is 82.3 Å². The molecule has 3 unspecified atom stereocenters. The molecular formula is C17H36BrN3. The van der Waals surface area contributed by atoms with Crippen LogP contribution in [0.25, 0.3) is 0 Å². The zero-order chi connectivity index (χ0) is 14.4. The number of nitrogens with zero attached hydrogens (tertiary/aromatic N) is 2. The lowest BCUT2D eigenvalue weighted by Crippen LogP contribution is -2.48. The Kier molecular flexibility index (Phi) is 9.42. The molecule has 2 heterocycles. The predicted octanol–water partition coefficient (Wildman–Crippen LogP) is 3.42. The fourth-order valence-electron chi connectivity index (χ4n) is 4.10. The summed E-state index contributed by atoms with van der Waals surface area (Å²) < 4.78 is 0. The normalized spacial score (nSPS) is 29.9. The lowest BCUT2D eigenvalue weighted by atomic mass is 9.92. The van der Waals surface area contributed by atoms with Crippen molar-refractivity contribution in [3.8, 4) is 0 Å². The summed E-state index contributed by atoms with van der Waals surface area (Å²) in [5, 5.41) is 0. The molecule has 3 nitrogen and oxygen atoms in total. The van der Waals surface area contributed by atoms with Crippen LogP contribution in [0.15, 0.2) is 0 Å². The highest BCUT2D eigenvalue weighted by atomic mass is 79.9. The molecule has 2 fully saturated rings. The van der Waals surface area contributed by atoms with Gasteiger partial charge in [0.25, 0.3) is 0 Å². The minimum atomic E-state index is 0. The van der Waals surface area contributed by atoms with E-state index >= 15 is 0 Å². The number of rotatable bonds is 6. The number of halogens is 1. The smallest absolute Gasteiger partial charge is 0.0244 e. The summed E-state index contributed by atoms with van der Waals surface area (Å²) in [6.07, 6.45) is 13.5. The Morgan fingerprint density at radius 2 is 1.62 bits per heavy atom. The molecule has 2 aliphatic rings. The fourth-order valence-corrected chi connectivity index (χ4v) is 4.10. The van der Waals surface area contributed by atoms with Crippen molar-refractivity contribution in [2.75, 3.05) is 27.2 Å². The summed E-state index contributed by atoms with van der Waals surface area (Å²) in [6, 6.07) is 1.88. The van der Waals surface area contributed by atoms with Gasteiger partial charge in [-0.15, -0.1) is 17.0 Å². The summed E-state index contributed by atoms with van der Waals surface area (Å²) in [5.41, 5.74) is 6.43. The summed E-state index contributed by atoms with van der Waals surface area (Å²) in [7, 11) is 4.55. The molecule has 0 aromatic heterocycles. The highest BCUT2D eigenvalue weighted by Crippen LogP contribution is 2.22. The molecular weight excluding hydrogens is 326 g/mol. The second-order valence-electron chi connectivity index (χ2n) is 7.12. The molecule has 0 radical (unpaired) electrons. The van der Waals surface area contributed by atoms with Crippen LogP contribution in [0.2, 0.25) is 0 Å². The van der Waals surface area contributed by atoms with Crippen LogP contribution in [0.4, 0.5) is 0 Å². The molecule has 2 saturated heterocycles. The quantitative estimate of drug-likeness (QED) is 0.735. The van der Waals surface area contributed by atoms with Crippen molar-refractivity contribution in [2.24, 2.45) is 5.73 Å². The number of piperidine rings is 2. The van der Waals surface area contributed by atoms with Crippen molar-refractivity contribution in [1.82, 2.24) is 9.80 Å². The molecule has 0 aromatic rings. The first-order chi connectivity index (χ1) is 9.68. The number of unbranched alkanes of at least 4 members (excludes halogenated alkanes) is 1. The second-order valence-corrected chi connectivity index (χ2v) is 7.12. The van der Waals surface area contributed by atoms with Crippen LogP contribution in [0.3, 0.4) is 0 Å². The second kappa shape index (κ2) is 10.2. The third-order valence-corrected chi connectivity index (χ3v) is 5.57. The number of hydrogen-bond acceptors (Lipinski definition) is 3. The average molecular weight is 362 g/mol. The van der Waals surface area contributed by atoms with Crippen LogP contribution >= 0.6 is 17.0 Å². The summed E-state index contributed by atoms with van der Waals surface area (Å²) in [6.45, 7) is 2.54. The van der Waals surface area contributed by atoms with Gasteiger partial charge in [-0.1, -0.05) is 25.7 Å². The Labute approximate surface area is 142 Å². The minimum Gasteiger partial charge on any atom is -0.326 e. The Morgan fingerprint density at radius 3 is 2.29 bits per heavy atom. The Bertz CT molecular complexity index is 275. The molecule has 2 rings (SSSR count). The van der Waals surface area contributed by atoms with Gasteiger partial charge < -0.3 is 15.5 Å². The summed E-state index contributed by atoms with van der Waals surface area (Å²) in [4.78, 5) is 5.06. The van der Waals surface area contributed by atoms with Gasteiger partial charge in [-0.05, 0) is 65.7 Å². The molecule has 0 spiro atoms. The summed E-state index contributed by atoms with van der Waals surface area (Å²) in [5.74, 6) is 0. The predicted molar refractivity (Wildman–Crippen MR) is 97.3 cm³/mol. The van der Waals surface area contributed by atoms with Gasteiger partial charge in [0.05, 0.1) is 0 Å². The van der Waals surface area contributed by atoms with E-state index in [9.17, 15) is 0 Å². The monoisotopic (exact) mass is 361 g/mol. The van der Waals surface area contributed by atoms with Gasteiger partial charge in [-0.3, -0.25) is 0 Å². The standard InChI is InChI=1S/C17H35N3.BrH/c1-19-13-7-5-10-15(19)9-3-4-11-16(18)17-12-6-8-14-20(17)2;/h15-17H,3-14,18H2,1-2H3;1H. The number of likely N-dealkylation sites (N-methyl/N-ethyl adjacent to an activating group) is 1. The molecule has 0 amide bonds. The van der Waals surface area contributed by atoms with Gasteiger partial charge in [-0.2, -0.15) is 0 Å². The topological polar surface area (TPSA) is 32.5 Å². The highest BCUT2D eigenvalue weighted by molar-refractivity contribution is 8.93. The maximum atomic E-state index is 6.43. The first-order valence-electron chi connectivity index (χ1n) is 8.84. The minimum absolute atomic E-state index is 0. The number of hydrogen-bond donors (Lipinski definition) is 1. The van der Waals surface area contributed by atoms with E-state index in [0.29, 0.717) is 12.1 Å². The Morgan fingerprint density at radius 1 is 0.952 bits per heavy atom. The van der Waals surface area contributed by atoms with E-state index < -0.39 is 0 Å². The van der Waals surface area contributed by atoms with Crippen LogP contribution in [-0.4, -0.2) is 55.1 Å². The van der Waals surface area contributed by atoms with E-state index in [4.69, 9.17) is 5.73 Å². The first-order valence-corrected chi connectivity index (χ1v) is 8.84. The SMILES string of the molecule is Br.CN1CCCCC1CCCCC(N)C1CCCCN1C. The Balaban J connectivity index is 0.00000220. The fraction of sp³-hybridized carbons (Fsp3) is 1.00. The van der Waals surface area contributed by atoms with Crippen molar-refractivity contribution >= 4 is 17.0 Å². The van der Waals surface area contributed by atoms with Crippen molar-refractivity contribution < 1.29 is 0 Å². The lowest BCUT2D eigenvalue weighted by molar-refractivity contribution is 0.151. The molecule has 0 aliphatic carbocycles. The molecule has 21 heavy (non-hydrogen) atoms. The van der Waals surface area contributed by atoms with Gasteiger partial charge in [0.2, 0.25) is 0 Å². The largest absolute Gasteiger partial charge is 0.326 e. The lowest BCUT2D eigenvalue weighted by Gasteiger charge is -2.36. The van der Waals surface area contributed by atoms with Gasteiger partial charge in [0.1, 0.15) is 0 Å². The van der Waals surface area contributed by atoms with Crippen molar-refractivity contribution in [1.29, 1.82) is 0 Å². The van der Waals surface area contributed by atoms with Crippen LogP contribution in [-0.2, 0) is 0 Å². The van der Waals surface area contributed by atoms with Crippen LogP contribution in [0.5, 0.6) is 0 Å². The van der Waals surface area contributed by atoms with Gasteiger partial charge in [-0.25, -0.2) is 0 Å². The van der Waals surface area contributed by atoms with Crippen LogP contribution in [0, 0.1) is 0 Å². The zero-order valence-electron chi connectivity index (χ0n) is 14.1. The van der Waals surface area contributed by atoms with E-state index in [0.717, 1.165) is 6.04 Å². The van der Waals surface area contributed by atoms with E-state index in [1.165, 1.54) is 77.3 Å². The van der Waals surface area contributed by atoms with Gasteiger partial charge >= 0.3 is 0 Å². The summed E-state index contributed by atoms with van der Waals surface area (Å²) >= 11 is 0. The van der Waals surface area contributed by atoms with Crippen molar-refractivity contribution in [3.05, 3.63) is 0 Å². The first kappa shape index (κ1) is 19.4. The molecule has 3 atom stereocenters. The molecule has 126 valence electrons. The molecule has 2 aliphatic heterocycles.